The van der Waals surface area contributed by atoms with Gasteiger partial charge in [0.25, 0.3) is 0 Å². The summed E-state index contributed by atoms with van der Waals surface area (Å²) in [7, 11) is 0. The van der Waals surface area contributed by atoms with Gasteiger partial charge in [-0.25, -0.2) is 0 Å². The monoisotopic (exact) mass is 206 g/mol. The lowest BCUT2D eigenvalue weighted by Crippen LogP contribution is -2.44. The molecule has 1 unspecified atom stereocenters. The number of carbonyl (C=O) groups excluding carboxylic acids is 2. The lowest BCUT2D eigenvalue weighted by atomic mass is 10.1. The van der Waals surface area contributed by atoms with Gasteiger partial charge < -0.3 is 11.1 Å². The highest BCUT2D eigenvalue weighted by molar-refractivity contribution is 5.85. The molecule has 80 valence electrons. The number of rotatable bonds is 4. The van der Waals surface area contributed by atoms with E-state index < -0.39 is 11.9 Å². The van der Waals surface area contributed by atoms with Crippen LogP contribution in [0.1, 0.15) is 12.5 Å². The molecule has 0 saturated carbocycles. The molecule has 0 heterocycles. The highest BCUT2D eigenvalue weighted by atomic mass is 16.2. The Balaban J connectivity index is 2.67. The van der Waals surface area contributed by atoms with Crippen molar-refractivity contribution in [3.63, 3.8) is 0 Å². The van der Waals surface area contributed by atoms with Gasteiger partial charge in [-0.05, 0) is 5.56 Å². The molecule has 1 aromatic rings. The molecule has 0 aromatic heterocycles. The lowest BCUT2D eigenvalue weighted by Gasteiger charge is -2.13. The number of hydrogen-bond acceptors (Lipinski definition) is 2. The molecule has 0 fully saturated rings. The van der Waals surface area contributed by atoms with Crippen molar-refractivity contribution >= 4 is 11.8 Å². The van der Waals surface area contributed by atoms with Gasteiger partial charge in [-0.1, -0.05) is 30.3 Å². The maximum Gasteiger partial charge on any atom is 0.240 e. The fourth-order valence-corrected chi connectivity index (χ4v) is 1.32. The summed E-state index contributed by atoms with van der Waals surface area (Å²) >= 11 is 0. The van der Waals surface area contributed by atoms with E-state index in [1.807, 2.05) is 30.3 Å². The van der Waals surface area contributed by atoms with Crippen molar-refractivity contribution in [2.24, 2.45) is 5.73 Å². The summed E-state index contributed by atoms with van der Waals surface area (Å²) in [5.74, 6) is -0.774. The van der Waals surface area contributed by atoms with Crippen LogP contribution in [0.5, 0.6) is 0 Å². The van der Waals surface area contributed by atoms with E-state index in [4.69, 9.17) is 5.73 Å². The normalized spacial score (nSPS) is 11.8. The van der Waals surface area contributed by atoms with Gasteiger partial charge >= 0.3 is 0 Å². The zero-order valence-electron chi connectivity index (χ0n) is 8.57. The molecule has 0 aliphatic rings. The van der Waals surface area contributed by atoms with Gasteiger partial charge in [-0.3, -0.25) is 9.59 Å². The highest BCUT2D eigenvalue weighted by Crippen LogP contribution is 2.02. The van der Waals surface area contributed by atoms with Crippen LogP contribution in [0, 0.1) is 0 Å². The molecule has 0 aliphatic carbocycles. The Kier molecular flexibility index (Phi) is 3.85. The molecule has 1 aromatic carbocycles. The van der Waals surface area contributed by atoms with Gasteiger partial charge in [-0.15, -0.1) is 0 Å². The first-order chi connectivity index (χ1) is 7.09. The summed E-state index contributed by atoms with van der Waals surface area (Å²) in [4.78, 5) is 21.9. The molecule has 4 nitrogen and oxygen atoms in total. The zero-order chi connectivity index (χ0) is 11.3. The molecule has 0 saturated heterocycles. The molecule has 1 atom stereocenters. The summed E-state index contributed by atoms with van der Waals surface area (Å²) in [5.41, 5.74) is 6.15. The molecular weight excluding hydrogens is 192 g/mol. The molecule has 3 N–H and O–H groups in total. The minimum absolute atomic E-state index is 0.255. The first-order valence-corrected chi connectivity index (χ1v) is 4.70. The third kappa shape index (κ3) is 3.81. The predicted molar refractivity (Wildman–Crippen MR) is 56.9 cm³/mol. The molecule has 2 amide bonds. The number of primary amides is 1. The number of nitrogens with two attached hydrogens (primary N) is 1. The van der Waals surface area contributed by atoms with E-state index in [1.54, 1.807) is 0 Å². The number of benzene rings is 1. The van der Waals surface area contributed by atoms with Crippen molar-refractivity contribution in [1.29, 1.82) is 0 Å². The van der Waals surface area contributed by atoms with Crippen LogP contribution in [0.25, 0.3) is 0 Å². The first-order valence-electron chi connectivity index (χ1n) is 4.70. The number of hydrogen-bond donors (Lipinski definition) is 2. The van der Waals surface area contributed by atoms with Crippen LogP contribution in [0.4, 0.5) is 0 Å². The summed E-state index contributed by atoms with van der Waals surface area (Å²) in [6.07, 6.45) is 0.426. The van der Waals surface area contributed by atoms with Crippen LogP contribution in [0.15, 0.2) is 30.3 Å². The van der Waals surface area contributed by atoms with Gasteiger partial charge in [0.2, 0.25) is 11.8 Å². The Hall–Kier alpha value is -1.84. The number of nitrogens with one attached hydrogen (secondary N) is 1. The van der Waals surface area contributed by atoms with Gasteiger partial charge in [0, 0.05) is 13.3 Å². The Bertz CT molecular complexity index is 349. The average Bonchev–Trinajstić information content (AvgIpc) is 2.17. The largest absolute Gasteiger partial charge is 0.368 e. The molecule has 0 bridgehead atoms. The van der Waals surface area contributed by atoms with E-state index in [2.05, 4.69) is 5.32 Å². The van der Waals surface area contributed by atoms with Crippen molar-refractivity contribution in [3.05, 3.63) is 35.9 Å². The summed E-state index contributed by atoms with van der Waals surface area (Å²) in [6, 6.07) is 8.78. The van der Waals surface area contributed by atoms with Crippen LogP contribution >= 0.6 is 0 Å². The van der Waals surface area contributed by atoms with Crippen molar-refractivity contribution in [2.45, 2.75) is 19.4 Å². The lowest BCUT2D eigenvalue weighted by molar-refractivity contribution is -0.126. The van der Waals surface area contributed by atoms with Gasteiger partial charge in [0.15, 0.2) is 0 Å². The summed E-state index contributed by atoms with van der Waals surface area (Å²) in [6.45, 7) is 1.36. The van der Waals surface area contributed by atoms with E-state index in [1.165, 1.54) is 6.92 Å². The van der Waals surface area contributed by atoms with E-state index in [0.717, 1.165) is 5.56 Å². The van der Waals surface area contributed by atoms with E-state index in [-0.39, 0.29) is 5.91 Å². The van der Waals surface area contributed by atoms with Crippen molar-refractivity contribution in [2.75, 3.05) is 0 Å². The van der Waals surface area contributed by atoms with E-state index >= 15 is 0 Å². The van der Waals surface area contributed by atoms with Crippen LogP contribution in [-0.2, 0) is 16.0 Å². The second kappa shape index (κ2) is 5.14. The Morgan fingerprint density at radius 1 is 1.33 bits per heavy atom. The zero-order valence-corrected chi connectivity index (χ0v) is 8.57. The van der Waals surface area contributed by atoms with E-state index in [0.29, 0.717) is 6.42 Å². The van der Waals surface area contributed by atoms with Gasteiger partial charge in [0.05, 0.1) is 0 Å². The Morgan fingerprint density at radius 2 is 1.93 bits per heavy atom. The smallest absolute Gasteiger partial charge is 0.240 e. The molecule has 0 radical (unpaired) electrons. The van der Waals surface area contributed by atoms with Crippen LogP contribution in [0.3, 0.4) is 0 Å². The van der Waals surface area contributed by atoms with Gasteiger partial charge in [-0.2, -0.15) is 0 Å². The first kappa shape index (κ1) is 11.2. The molecular formula is C11H14N2O2. The minimum Gasteiger partial charge on any atom is -0.368 e. The van der Waals surface area contributed by atoms with Gasteiger partial charge in [0.1, 0.15) is 6.04 Å². The fraction of sp³-hybridized carbons (Fsp3) is 0.273. The molecule has 4 heteroatoms. The molecule has 1 rings (SSSR count). The van der Waals surface area contributed by atoms with Crippen LogP contribution < -0.4 is 11.1 Å². The number of amides is 2. The maximum absolute atomic E-state index is 11.0. The Labute approximate surface area is 88.5 Å². The minimum atomic E-state index is -0.634. The topological polar surface area (TPSA) is 72.2 Å². The summed E-state index contributed by atoms with van der Waals surface area (Å²) < 4.78 is 0. The number of carbonyl (C=O) groups is 2. The van der Waals surface area contributed by atoms with Crippen molar-refractivity contribution in [1.82, 2.24) is 5.32 Å². The summed E-state index contributed by atoms with van der Waals surface area (Å²) in [5, 5.41) is 2.51. The predicted octanol–water partition coefficient (Wildman–Crippen LogP) is 0.219. The third-order valence-corrected chi connectivity index (χ3v) is 2.00. The Morgan fingerprint density at radius 3 is 2.40 bits per heavy atom. The third-order valence-electron chi connectivity index (χ3n) is 2.00. The second-order valence-corrected chi connectivity index (χ2v) is 3.35. The maximum atomic E-state index is 11.0. The highest BCUT2D eigenvalue weighted by Gasteiger charge is 2.16. The van der Waals surface area contributed by atoms with Crippen LogP contribution in [0.2, 0.25) is 0 Å². The molecule has 0 aliphatic heterocycles. The van der Waals surface area contributed by atoms with Crippen molar-refractivity contribution < 1.29 is 9.59 Å². The average molecular weight is 206 g/mol. The molecule has 15 heavy (non-hydrogen) atoms. The second-order valence-electron chi connectivity index (χ2n) is 3.35. The van der Waals surface area contributed by atoms with Crippen LogP contribution in [-0.4, -0.2) is 17.9 Å². The SMILES string of the molecule is CC(=O)NC(Cc1ccccc1)C(N)=O. The van der Waals surface area contributed by atoms with E-state index in [9.17, 15) is 9.59 Å². The molecule has 0 spiro atoms. The standard InChI is InChI=1S/C11H14N2O2/c1-8(14)13-10(11(12)15)7-9-5-3-2-4-6-9/h2-6,10H,7H2,1H3,(H2,12,15)(H,13,14). The quantitative estimate of drug-likeness (QED) is 0.739. The van der Waals surface area contributed by atoms with Crippen molar-refractivity contribution in [3.8, 4) is 0 Å². The fourth-order valence-electron chi connectivity index (χ4n) is 1.32.